The van der Waals surface area contributed by atoms with Crippen LogP contribution in [0.25, 0.3) is 17.3 Å². The topological polar surface area (TPSA) is 84.1 Å². The van der Waals surface area contributed by atoms with Crippen molar-refractivity contribution in [3.63, 3.8) is 0 Å². The zero-order valence-electron chi connectivity index (χ0n) is 20.9. The van der Waals surface area contributed by atoms with Crippen LogP contribution in [0.4, 0.5) is 5.69 Å². The van der Waals surface area contributed by atoms with Crippen molar-refractivity contribution in [2.24, 2.45) is 0 Å². The molecule has 0 atom stereocenters. The molecule has 6 nitrogen and oxygen atoms in total. The van der Waals surface area contributed by atoms with E-state index in [1.807, 2.05) is 87.5 Å². The lowest BCUT2D eigenvalue weighted by Crippen LogP contribution is -2.32. The number of hydrogen-bond donors (Lipinski definition) is 1. The summed E-state index contributed by atoms with van der Waals surface area (Å²) in [4.78, 5) is 27.0. The Hall–Kier alpha value is -4.41. The first-order valence-corrected chi connectivity index (χ1v) is 12.8. The Labute approximate surface area is 219 Å². The number of para-hydroxylation sites is 2. The van der Waals surface area contributed by atoms with Crippen molar-refractivity contribution in [1.29, 1.82) is 5.26 Å². The average Bonchev–Trinajstić information content (AvgIpc) is 3.20. The van der Waals surface area contributed by atoms with E-state index in [0.29, 0.717) is 28.3 Å². The van der Waals surface area contributed by atoms with Crippen LogP contribution in [0.15, 0.2) is 77.6 Å². The quantitative estimate of drug-likeness (QED) is 0.399. The molecule has 0 saturated heterocycles. The highest BCUT2D eigenvalue weighted by molar-refractivity contribution is 7.07. The summed E-state index contributed by atoms with van der Waals surface area (Å²) in [6.45, 7) is 6.42. The fourth-order valence-corrected chi connectivity index (χ4v) is 4.88. The van der Waals surface area contributed by atoms with E-state index in [9.17, 15) is 14.9 Å². The van der Waals surface area contributed by atoms with E-state index in [-0.39, 0.29) is 15.8 Å². The van der Waals surface area contributed by atoms with E-state index < -0.39 is 5.91 Å². The highest BCUT2D eigenvalue weighted by Gasteiger charge is 2.18. The second kappa shape index (κ2) is 11.5. The number of amides is 1. The van der Waals surface area contributed by atoms with Gasteiger partial charge in [-0.1, -0.05) is 61.0 Å². The molecule has 7 heteroatoms. The molecular formula is C30H27N3O3S. The van der Waals surface area contributed by atoms with Crippen LogP contribution in [0, 0.1) is 25.2 Å². The molecule has 0 fully saturated rings. The van der Waals surface area contributed by atoms with E-state index in [1.54, 1.807) is 18.2 Å². The fourth-order valence-electron chi connectivity index (χ4n) is 3.79. The second-order valence-electron chi connectivity index (χ2n) is 8.54. The predicted octanol–water partition coefficient (Wildman–Crippen LogP) is 4.45. The lowest BCUT2D eigenvalue weighted by molar-refractivity contribution is -0.111. The Bertz CT molecular complexity index is 1660. The summed E-state index contributed by atoms with van der Waals surface area (Å²) >= 11 is 1.11. The van der Waals surface area contributed by atoms with Gasteiger partial charge in [0, 0.05) is 11.3 Å². The number of benzene rings is 3. The van der Waals surface area contributed by atoms with Gasteiger partial charge in [-0.25, -0.2) is 0 Å². The number of carbonyl (C=O) groups is 1. The maximum Gasteiger partial charge on any atom is 0.273 e. The number of nitrogens with zero attached hydrogens (tertiary/aromatic N) is 2. The zero-order valence-corrected chi connectivity index (χ0v) is 21.8. The normalized spacial score (nSPS) is 12.1. The van der Waals surface area contributed by atoms with Crippen molar-refractivity contribution >= 4 is 34.6 Å². The summed E-state index contributed by atoms with van der Waals surface area (Å²) in [7, 11) is 0. The first kappa shape index (κ1) is 25.7. The minimum absolute atomic E-state index is 0.138. The van der Waals surface area contributed by atoms with Crippen LogP contribution in [-0.2, 0) is 4.79 Å². The lowest BCUT2D eigenvalue weighted by atomic mass is 10.2. The molecule has 1 aromatic heterocycles. The molecule has 0 unspecified atom stereocenters. The third-order valence-electron chi connectivity index (χ3n) is 5.71. The third kappa shape index (κ3) is 5.71. The molecule has 0 radical (unpaired) electrons. The van der Waals surface area contributed by atoms with Gasteiger partial charge in [0.05, 0.1) is 16.8 Å². The number of aromatic nitrogens is 1. The maximum absolute atomic E-state index is 13.8. The summed E-state index contributed by atoms with van der Waals surface area (Å²) in [5.74, 6) is 0.0934. The Kier molecular flexibility index (Phi) is 8.02. The van der Waals surface area contributed by atoms with Gasteiger partial charge in [-0.3, -0.25) is 14.2 Å². The molecule has 0 aliphatic heterocycles. The number of aryl methyl sites for hydroxylation is 2. The molecule has 0 aliphatic carbocycles. The Morgan fingerprint density at radius 1 is 1.05 bits per heavy atom. The first-order chi connectivity index (χ1) is 17.9. The number of carbonyl (C=O) groups excluding carboxylic acids is 1. The number of thiazole rings is 1. The molecule has 0 bridgehead atoms. The second-order valence-corrected chi connectivity index (χ2v) is 9.57. The molecule has 1 N–H and O–H groups in total. The van der Waals surface area contributed by atoms with Gasteiger partial charge in [0.2, 0.25) is 0 Å². The van der Waals surface area contributed by atoms with Crippen molar-refractivity contribution in [2.45, 2.75) is 27.2 Å². The molecule has 3 aromatic carbocycles. The molecule has 0 spiro atoms. The van der Waals surface area contributed by atoms with Crippen molar-refractivity contribution < 1.29 is 9.53 Å². The first-order valence-electron chi connectivity index (χ1n) is 12.0. The number of nitrogens with one attached hydrogen (secondary N) is 1. The van der Waals surface area contributed by atoms with Gasteiger partial charge in [0.25, 0.3) is 11.5 Å². The monoisotopic (exact) mass is 509 g/mol. The van der Waals surface area contributed by atoms with E-state index in [2.05, 4.69) is 5.32 Å². The Morgan fingerprint density at radius 2 is 1.76 bits per heavy atom. The number of anilines is 1. The fraction of sp³-hybridized carbons (Fsp3) is 0.167. The number of hydrogen-bond acceptors (Lipinski definition) is 5. The van der Waals surface area contributed by atoms with E-state index in [4.69, 9.17) is 4.74 Å². The standard InChI is InChI=1S/C30H27N3O3S/c1-4-17-36-26-12-8-6-10-22(26)18-27-29(35)33(25-11-7-5-9-21(25)3)30(37-27)24(19-31)28(34)32-23-15-13-20(2)14-16-23/h5-16,18H,4,17H2,1-3H3,(H,32,34)/b27-18+,30-24-. The SMILES string of the molecule is CCCOc1ccccc1/C=c1/s/c(=C(/C#N)C(=O)Nc2ccc(C)cc2)n(-c2ccccc2C)c1=O. The van der Waals surface area contributed by atoms with Crippen LogP contribution in [0.2, 0.25) is 0 Å². The van der Waals surface area contributed by atoms with Gasteiger partial charge in [0.1, 0.15) is 16.5 Å². The van der Waals surface area contributed by atoms with Gasteiger partial charge < -0.3 is 10.1 Å². The van der Waals surface area contributed by atoms with Gasteiger partial charge in [-0.15, -0.1) is 11.3 Å². The Morgan fingerprint density at radius 3 is 2.46 bits per heavy atom. The van der Waals surface area contributed by atoms with Crippen LogP contribution in [-0.4, -0.2) is 17.1 Å². The maximum atomic E-state index is 13.8. The molecule has 37 heavy (non-hydrogen) atoms. The summed E-state index contributed by atoms with van der Waals surface area (Å²) in [6.07, 6.45) is 2.61. The average molecular weight is 510 g/mol. The number of nitriles is 1. The molecule has 186 valence electrons. The minimum atomic E-state index is -0.576. The summed E-state index contributed by atoms with van der Waals surface area (Å²) < 4.78 is 7.98. The van der Waals surface area contributed by atoms with Gasteiger partial charge in [-0.2, -0.15) is 5.26 Å². The van der Waals surface area contributed by atoms with Gasteiger partial charge in [-0.05, 0) is 56.2 Å². The van der Waals surface area contributed by atoms with E-state index in [0.717, 1.165) is 34.4 Å². The van der Waals surface area contributed by atoms with Crippen molar-refractivity contribution in [1.82, 2.24) is 4.57 Å². The van der Waals surface area contributed by atoms with E-state index >= 15 is 0 Å². The highest BCUT2D eigenvalue weighted by Crippen LogP contribution is 2.19. The molecule has 1 amide bonds. The smallest absolute Gasteiger partial charge is 0.273 e. The third-order valence-corrected chi connectivity index (χ3v) is 6.80. The molecule has 4 aromatic rings. The van der Waals surface area contributed by atoms with Crippen LogP contribution in [0.5, 0.6) is 5.75 Å². The molecule has 0 saturated carbocycles. The minimum Gasteiger partial charge on any atom is -0.493 e. The van der Waals surface area contributed by atoms with Crippen LogP contribution in [0.3, 0.4) is 0 Å². The number of ether oxygens (including phenoxy) is 1. The van der Waals surface area contributed by atoms with Crippen molar-refractivity contribution in [2.75, 3.05) is 11.9 Å². The van der Waals surface area contributed by atoms with Crippen LogP contribution < -0.4 is 24.8 Å². The number of rotatable bonds is 7. The summed E-state index contributed by atoms with van der Waals surface area (Å²) in [5.41, 5.74) is 3.39. The van der Waals surface area contributed by atoms with Crippen molar-refractivity contribution in [3.8, 4) is 17.5 Å². The zero-order chi connectivity index (χ0) is 26.4. The van der Waals surface area contributed by atoms with Gasteiger partial charge in [0.15, 0.2) is 5.57 Å². The summed E-state index contributed by atoms with van der Waals surface area (Å²) in [6, 6.07) is 24.2. The molecular weight excluding hydrogens is 482 g/mol. The molecule has 1 heterocycles. The van der Waals surface area contributed by atoms with Crippen molar-refractivity contribution in [3.05, 3.63) is 109 Å². The largest absolute Gasteiger partial charge is 0.493 e. The lowest BCUT2D eigenvalue weighted by Gasteiger charge is -2.08. The highest BCUT2D eigenvalue weighted by atomic mass is 32.1. The van der Waals surface area contributed by atoms with Crippen LogP contribution in [0.1, 0.15) is 30.0 Å². The molecule has 4 rings (SSSR count). The Balaban J connectivity index is 1.96. The summed E-state index contributed by atoms with van der Waals surface area (Å²) in [5, 5.41) is 12.8. The van der Waals surface area contributed by atoms with E-state index in [1.165, 1.54) is 4.57 Å². The predicted molar refractivity (Wildman–Crippen MR) is 149 cm³/mol. The van der Waals surface area contributed by atoms with Gasteiger partial charge >= 0.3 is 0 Å². The van der Waals surface area contributed by atoms with Crippen LogP contribution >= 0.6 is 11.3 Å². The molecule has 0 aliphatic rings.